The molecule has 27 heavy (non-hydrogen) atoms. The van der Waals surface area contributed by atoms with Gasteiger partial charge >= 0.3 is 0 Å². The summed E-state index contributed by atoms with van der Waals surface area (Å²) in [5.41, 5.74) is 1.31. The summed E-state index contributed by atoms with van der Waals surface area (Å²) in [6, 6.07) is 21.4. The average Bonchev–Trinajstić information content (AvgIpc) is 3.41. The number of hydrogen-bond donors (Lipinski definition) is 0. The van der Waals surface area contributed by atoms with Gasteiger partial charge in [0.1, 0.15) is 17.7 Å². The van der Waals surface area contributed by atoms with Gasteiger partial charge in [-0.1, -0.05) is 36.4 Å². The molecule has 0 saturated carbocycles. The predicted octanol–water partition coefficient (Wildman–Crippen LogP) is 3.33. The summed E-state index contributed by atoms with van der Waals surface area (Å²) < 4.78 is 5.60. The molecule has 3 atom stereocenters. The normalized spacial score (nSPS) is 24.5. The minimum atomic E-state index is -0.881. The van der Waals surface area contributed by atoms with Crippen molar-refractivity contribution in [3.63, 3.8) is 0 Å². The maximum absolute atomic E-state index is 13.2. The van der Waals surface area contributed by atoms with Gasteiger partial charge in [-0.3, -0.25) is 14.4 Å². The summed E-state index contributed by atoms with van der Waals surface area (Å²) in [6.07, 6.45) is 0.676. The Morgan fingerprint density at radius 1 is 0.741 bits per heavy atom. The van der Waals surface area contributed by atoms with E-state index < -0.39 is 18.1 Å². The van der Waals surface area contributed by atoms with Crippen molar-refractivity contribution in [2.75, 3.05) is 9.96 Å². The molecule has 6 nitrogen and oxygen atoms in total. The number of carbonyl (C=O) groups is 2. The van der Waals surface area contributed by atoms with E-state index in [-0.39, 0.29) is 11.8 Å². The minimum absolute atomic E-state index is 0.281. The molecule has 0 bridgehead atoms. The lowest BCUT2D eigenvalue weighted by molar-refractivity contribution is -0.126. The van der Waals surface area contributed by atoms with Crippen LogP contribution in [0.15, 0.2) is 83.5 Å². The van der Waals surface area contributed by atoms with Crippen molar-refractivity contribution in [2.24, 2.45) is 5.92 Å². The van der Waals surface area contributed by atoms with E-state index in [4.69, 9.17) is 9.25 Å². The number of hydroxylamine groups is 1. The van der Waals surface area contributed by atoms with Crippen molar-refractivity contribution in [1.29, 1.82) is 0 Å². The van der Waals surface area contributed by atoms with Crippen molar-refractivity contribution in [3.8, 4) is 0 Å². The Bertz CT molecular complexity index is 972. The van der Waals surface area contributed by atoms with Crippen LogP contribution in [0.3, 0.4) is 0 Å². The summed E-state index contributed by atoms with van der Waals surface area (Å²) >= 11 is 0. The first-order valence-electron chi connectivity index (χ1n) is 8.73. The van der Waals surface area contributed by atoms with Crippen LogP contribution in [-0.2, 0) is 14.4 Å². The third-order valence-electron chi connectivity index (χ3n) is 4.98. The van der Waals surface area contributed by atoms with Crippen LogP contribution in [-0.4, -0.2) is 17.9 Å². The fourth-order valence-electron chi connectivity index (χ4n) is 3.79. The van der Waals surface area contributed by atoms with Crippen LogP contribution < -0.4 is 9.96 Å². The Kier molecular flexibility index (Phi) is 3.58. The number of imide groups is 1. The van der Waals surface area contributed by atoms with Gasteiger partial charge in [0, 0.05) is 0 Å². The first-order valence-corrected chi connectivity index (χ1v) is 8.73. The standard InChI is InChI=1S/C21H16N2O4/c24-20-17-18(16-12-7-13-26-16)23(15-10-5-2-6-11-15)27-19(17)21(25)22(20)14-8-3-1-4-9-14/h1-13,17-19H/t17-,18-,19-/m0/s1. The number of fused-ring (bicyclic) bond motifs is 1. The maximum atomic E-state index is 13.2. The third-order valence-corrected chi connectivity index (χ3v) is 4.98. The second-order valence-corrected chi connectivity index (χ2v) is 6.52. The van der Waals surface area contributed by atoms with Crippen LogP contribution in [0.5, 0.6) is 0 Å². The Morgan fingerprint density at radius 3 is 2.04 bits per heavy atom. The van der Waals surface area contributed by atoms with Gasteiger partial charge in [-0.25, -0.2) is 9.96 Å². The second-order valence-electron chi connectivity index (χ2n) is 6.52. The van der Waals surface area contributed by atoms with Crippen molar-refractivity contribution >= 4 is 23.2 Å². The smallest absolute Gasteiger partial charge is 0.266 e. The van der Waals surface area contributed by atoms with Crippen LogP contribution in [0.25, 0.3) is 0 Å². The third kappa shape index (κ3) is 2.38. The van der Waals surface area contributed by atoms with E-state index in [0.717, 1.165) is 5.69 Å². The molecule has 3 heterocycles. The lowest BCUT2D eigenvalue weighted by Crippen LogP contribution is -2.37. The number of hydrogen-bond acceptors (Lipinski definition) is 5. The summed E-state index contributed by atoms with van der Waals surface area (Å²) in [6.45, 7) is 0. The number of amides is 2. The molecule has 1 aromatic heterocycles. The van der Waals surface area contributed by atoms with E-state index in [9.17, 15) is 9.59 Å². The second kappa shape index (κ2) is 6.10. The molecule has 2 amide bonds. The lowest BCUT2D eigenvalue weighted by Gasteiger charge is -2.27. The molecule has 3 aromatic rings. The van der Waals surface area contributed by atoms with E-state index in [2.05, 4.69) is 0 Å². The first kappa shape index (κ1) is 15.8. The molecule has 0 spiro atoms. The van der Waals surface area contributed by atoms with Crippen molar-refractivity contribution < 1.29 is 18.8 Å². The first-order chi connectivity index (χ1) is 13.3. The molecule has 0 aliphatic carbocycles. The largest absolute Gasteiger partial charge is 0.467 e. The summed E-state index contributed by atoms with van der Waals surface area (Å²) in [5, 5.41) is 1.62. The lowest BCUT2D eigenvalue weighted by atomic mass is 9.94. The van der Waals surface area contributed by atoms with E-state index in [1.807, 2.05) is 36.4 Å². The fraction of sp³-hybridized carbons (Fsp3) is 0.143. The molecule has 2 aliphatic heterocycles. The number of rotatable bonds is 3. The molecule has 6 heteroatoms. The zero-order valence-corrected chi connectivity index (χ0v) is 14.3. The van der Waals surface area contributed by atoms with Crippen LogP contribution in [0.4, 0.5) is 11.4 Å². The van der Waals surface area contributed by atoms with Crippen molar-refractivity contribution in [1.82, 2.24) is 0 Å². The van der Waals surface area contributed by atoms with E-state index in [1.165, 1.54) is 4.90 Å². The molecule has 0 unspecified atom stereocenters. The molecule has 2 aromatic carbocycles. The van der Waals surface area contributed by atoms with Crippen LogP contribution in [0.2, 0.25) is 0 Å². The highest BCUT2D eigenvalue weighted by Crippen LogP contribution is 2.47. The maximum Gasteiger partial charge on any atom is 0.266 e. The Morgan fingerprint density at radius 2 is 1.41 bits per heavy atom. The molecule has 0 radical (unpaired) electrons. The van der Waals surface area contributed by atoms with E-state index in [0.29, 0.717) is 11.4 Å². The number of para-hydroxylation sites is 2. The molecule has 2 aliphatic rings. The van der Waals surface area contributed by atoms with Gasteiger partial charge in [0.2, 0.25) is 5.91 Å². The monoisotopic (exact) mass is 360 g/mol. The molecule has 0 N–H and O–H groups in total. The van der Waals surface area contributed by atoms with E-state index >= 15 is 0 Å². The van der Waals surface area contributed by atoms with Crippen LogP contribution >= 0.6 is 0 Å². The van der Waals surface area contributed by atoms with E-state index in [1.54, 1.807) is 47.7 Å². The predicted molar refractivity (Wildman–Crippen MR) is 97.7 cm³/mol. The number of carbonyl (C=O) groups excluding carboxylic acids is 2. The van der Waals surface area contributed by atoms with Gasteiger partial charge in [-0.05, 0) is 36.4 Å². The summed E-state index contributed by atoms with van der Waals surface area (Å²) in [7, 11) is 0. The highest BCUT2D eigenvalue weighted by Gasteiger charge is 2.61. The highest BCUT2D eigenvalue weighted by atomic mass is 16.7. The van der Waals surface area contributed by atoms with Gasteiger partial charge in [0.25, 0.3) is 5.91 Å². The fourth-order valence-corrected chi connectivity index (χ4v) is 3.79. The van der Waals surface area contributed by atoms with Gasteiger partial charge in [-0.2, -0.15) is 0 Å². The van der Waals surface area contributed by atoms with Crippen LogP contribution in [0.1, 0.15) is 11.8 Å². The molecule has 2 saturated heterocycles. The Balaban J connectivity index is 1.58. The Labute approximate surface area is 155 Å². The molecule has 134 valence electrons. The van der Waals surface area contributed by atoms with Gasteiger partial charge < -0.3 is 4.42 Å². The van der Waals surface area contributed by atoms with Crippen molar-refractivity contribution in [2.45, 2.75) is 12.1 Å². The molecule has 5 rings (SSSR count). The number of benzene rings is 2. The number of furan rings is 1. The van der Waals surface area contributed by atoms with Gasteiger partial charge in [0.05, 0.1) is 17.6 Å². The average molecular weight is 360 g/mol. The van der Waals surface area contributed by atoms with Gasteiger partial charge in [0.15, 0.2) is 6.10 Å². The molecular weight excluding hydrogens is 344 g/mol. The summed E-state index contributed by atoms with van der Waals surface area (Å²) in [5.74, 6) is -0.728. The number of nitrogens with zero attached hydrogens (tertiary/aromatic N) is 2. The molecular formula is C21H16N2O4. The quantitative estimate of drug-likeness (QED) is 0.671. The number of anilines is 2. The van der Waals surface area contributed by atoms with Crippen molar-refractivity contribution in [3.05, 3.63) is 84.8 Å². The SMILES string of the molecule is O=C1[C@@H]2[C@H](ON(c3ccccc3)[C@H]2c2ccco2)C(=O)N1c1ccccc1. The Hall–Kier alpha value is -3.38. The minimum Gasteiger partial charge on any atom is -0.467 e. The van der Waals surface area contributed by atoms with Crippen LogP contribution in [0, 0.1) is 5.92 Å². The topological polar surface area (TPSA) is 63.0 Å². The zero-order chi connectivity index (χ0) is 18.4. The molecule has 2 fully saturated rings. The summed E-state index contributed by atoms with van der Waals surface area (Å²) in [4.78, 5) is 33.5. The highest BCUT2D eigenvalue weighted by molar-refractivity contribution is 6.23. The zero-order valence-electron chi connectivity index (χ0n) is 14.3. The van der Waals surface area contributed by atoms with Gasteiger partial charge in [-0.15, -0.1) is 0 Å².